The van der Waals surface area contributed by atoms with Gasteiger partial charge < -0.3 is 4.74 Å². The molecule has 0 saturated heterocycles. The summed E-state index contributed by atoms with van der Waals surface area (Å²) in [7, 11) is 0. The van der Waals surface area contributed by atoms with Crippen molar-refractivity contribution in [2.75, 3.05) is 0 Å². The summed E-state index contributed by atoms with van der Waals surface area (Å²) >= 11 is 3.40. The first-order chi connectivity index (χ1) is 8.13. The summed E-state index contributed by atoms with van der Waals surface area (Å²) in [6.07, 6.45) is 8.29. The second kappa shape index (κ2) is 7.70. The molecule has 0 N–H and O–H groups in total. The summed E-state index contributed by atoms with van der Waals surface area (Å²) in [5.41, 5.74) is 1.08. The third kappa shape index (κ3) is 5.53. The van der Waals surface area contributed by atoms with Crippen molar-refractivity contribution < 1.29 is 4.74 Å². The highest BCUT2D eigenvalue weighted by atomic mass is 79.9. The average Bonchev–Trinajstić information content (AvgIpc) is 2.28. The summed E-state index contributed by atoms with van der Waals surface area (Å²) in [6.45, 7) is 6.38. The van der Waals surface area contributed by atoms with Crippen molar-refractivity contribution in [3.8, 4) is 5.88 Å². The van der Waals surface area contributed by atoms with Gasteiger partial charge in [0, 0.05) is 16.2 Å². The van der Waals surface area contributed by atoms with Crippen LogP contribution in [0, 0.1) is 6.92 Å². The number of unbranched alkanes of at least 4 members (excludes halogenated alkanes) is 3. The Morgan fingerprint density at radius 3 is 2.76 bits per heavy atom. The zero-order chi connectivity index (χ0) is 12.7. The number of pyridine rings is 1. The van der Waals surface area contributed by atoms with Gasteiger partial charge in [0.15, 0.2) is 0 Å². The lowest BCUT2D eigenvalue weighted by Crippen LogP contribution is -2.13. The minimum absolute atomic E-state index is 0.249. The van der Waals surface area contributed by atoms with Gasteiger partial charge in [-0.25, -0.2) is 4.98 Å². The highest BCUT2D eigenvalue weighted by Crippen LogP contribution is 2.20. The molecule has 0 fully saturated rings. The van der Waals surface area contributed by atoms with Gasteiger partial charge >= 0.3 is 0 Å². The molecule has 1 atom stereocenters. The molecule has 0 bridgehead atoms. The Labute approximate surface area is 113 Å². The first kappa shape index (κ1) is 14.5. The van der Waals surface area contributed by atoms with Gasteiger partial charge in [-0.2, -0.15) is 0 Å². The SMILES string of the molecule is CCCCCCC(C)Oc1ncc(Br)cc1C. The summed E-state index contributed by atoms with van der Waals surface area (Å²) in [5, 5.41) is 0. The fourth-order valence-electron chi connectivity index (χ4n) is 1.76. The summed E-state index contributed by atoms with van der Waals surface area (Å²) < 4.78 is 6.85. The minimum atomic E-state index is 0.249. The number of halogens is 1. The van der Waals surface area contributed by atoms with Gasteiger partial charge in [-0.15, -0.1) is 0 Å². The van der Waals surface area contributed by atoms with E-state index in [4.69, 9.17) is 4.74 Å². The summed E-state index contributed by atoms with van der Waals surface area (Å²) in [4.78, 5) is 4.29. The van der Waals surface area contributed by atoms with Crippen LogP contribution in [-0.2, 0) is 0 Å². The number of hydrogen-bond acceptors (Lipinski definition) is 2. The van der Waals surface area contributed by atoms with Crippen molar-refractivity contribution in [1.29, 1.82) is 0 Å². The molecule has 1 unspecified atom stereocenters. The Morgan fingerprint density at radius 2 is 2.12 bits per heavy atom. The van der Waals surface area contributed by atoms with Crippen molar-refractivity contribution in [2.45, 2.75) is 59.0 Å². The van der Waals surface area contributed by atoms with E-state index >= 15 is 0 Å². The monoisotopic (exact) mass is 299 g/mol. The van der Waals surface area contributed by atoms with Crippen LogP contribution in [-0.4, -0.2) is 11.1 Å². The lowest BCUT2D eigenvalue weighted by molar-refractivity contribution is 0.196. The first-order valence-corrected chi connectivity index (χ1v) is 7.21. The van der Waals surface area contributed by atoms with E-state index < -0.39 is 0 Å². The van der Waals surface area contributed by atoms with Crippen LogP contribution in [0.25, 0.3) is 0 Å². The number of rotatable bonds is 7. The normalized spacial score (nSPS) is 12.5. The van der Waals surface area contributed by atoms with Crippen molar-refractivity contribution in [2.24, 2.45) is 0 Å². The molecule has 2 nitrogen and oxygen atoms in total. The van der Waals surface area contributed by atoms with Crippen LogP contribution in [0.5, 0.6) is 5.88 Å². The van der Waals surface area contributed by atoms with E-state index in [1.54, 1.807) is 6.20 Å². The Hall–Kier alpha value is -0.570. The standard InChI is InChI=1S/C14H22BrNO/c1-4-5-6-7-8-12(3)17-14-11(2)9-13(15)10-16-14/h9-10,12H,4-8H2,1-3H3. The van der Waals surface area contributed by atoms with Crippen molar-refractivity contribution in [3.63, 3.8) is 0 Å². The molecule has 1 rings (SSSR count). The molecule has 3 heteroatoms. The Balaban J connectivity index is 2.37. The number of nitrogens with zero attached hydrogens (tertiary/aromatic N) is 1. The van der Waals surface area contributed by atoms with Gasteiger partial charge in [0.1, 0.15) is 0 Å². The molecule has 1 aromatic heterocycles. The lowest BCUT2D eigenvalue weighted by Gasteiger charge is -2.15. The van der Waals surface area contributed by atoms with E-state index in [0.717, 1.165) is 22.3 Å². The predicted octanol–water partition coefficient (Wildman–Crippen LogP) is 4.89. The van der Waals surface area contributed by atoms with E-state index in [0.29, 0.717) is 0 Å². The molecule has 0 aliphatic heterocycles. The minimum Gasteiger partial charge on any atom is -0.474 e. The highest BCUT2D eigenvalue weighted by Gasteiger charge is 2.07. The van der Waals surface area contributed by atoms with Gasteiger partial charge in [0.05, 0.1) is 6.10 Å². The topological polar surface area (TPSA) is 22.1 Å². The molecule has 0 spiro atoms. The number of aryl methyl sites for hydroxylation is 1. The predicted molar refractivity (Wildman–Crippen MR) is 75.5 cm³/mol. The third-order valence-electron chi connectivity index (χ3n) is 2.77. The Morgan fingerprint density at radius 1 is 1.35 bits per heavy atom. The number of ether oxygens (including phenoxy) is 1. The average molecular weight is 300 g/mol. The molecule has 0 aromatic carbocycles. The molecular formula is C14H22BrNO. The van der Waals surface area contributed by atoms with E-state index in [1.807, 2.05) is 13.0 Å². The Bertz CT molecular complexity index is 341. The molecule has 0 aliphatic carbocycles. The zero-order valence-corrected chi connectivity index (χ0v) is 12.6. The second-order valence-electron chi connectivity index (χ2n) is 4.55. The van der Waals surface area contributed by atoms with E-state index in [9.17, 15) is 0 Å². The molecule has 0 aliphatic rings. The molecule has 0 amide bonds. The van der Waals surface area contributed by atoms with Crippen LogP contribution in [0.1, 0.15) is 51.5 Å². The lowest BCUT2D eigenvalue weighted by atomic mass is 10.1. The maximum Gasteiger partial charge on any atom is 0.216 e. The number of hydrogen-bond donors (Lipinski definition) is 0. The van der Waals surface area contributed by atoms with Crippen LogP contribution < -0.4 is 4.74 Å². The number of aromatic nitrogens is 1. The van der Waals surface area contributed by atoms with E-state index in [-0.39, 0.29) is 6.10 Å². The molecule has 1 heterocycles. The van der Waals surface area contributed by atoms with Crippen LogP contribution >= 0.6 is 15.9 Å². The van der Waals surface area contributed by atoms with Gasteiger partial charge in [-0.3, -0.25) is 0 Å². The molecule has 96 valence electrons. The van der Waals surface area contributed by atoms with Crippen LogP contribution in [0.3, 0.4) is 0 Å². The van der Waals surface area contributed by atoms with Crippen molar-refractivity contribution >= 4 is 15.9 Å². The van der Waals surface area contributed by atoms with Crippen LogP contribution in [0.15, 0.2) is 16.7 Å². The molecule has 0 radical (unpaired) electrons. The Kier molecular flexibility index (Phi) is 6.56. The van der Waals surface area contributed by atoms with E-state index in [2.05, 4.69) is 34.8 Å². The largest absolute Gasteiger partial charge is 0.474 e. The molecule has 0 saturated carbocycles. The molecule has 1 aromatic rings. The smallest absolute Gasteiger partial charge is 0.216 e. The van der Waals surface area contributed by atoms with Crippen LogP contribution in [0.2, 0.25) is 0 Å². The summed E-state index contributed by atoms with van der Waals surface area (Å²) in [6, 6.07) is 2.03. The fourth-order valence-corrected chi connectivity index (χ4v) is 2.21. The van der Waals surface area contributed by atoms with Crippen LogP contribution in [0.4, 0.5) is 0 Å². The summed E-state index contributed by atoms with van der Waals surface area (Å²) in [5.74, 6) is 0.760. The molecule has 17 heavy (non-hydrogen) atoms. The highest BCUT2D eigenvalue weighted by molar-refractivity contribution is 9.10. The van der Waals surface area contributed by atoms with E-state index in [1.165, 1.54) is 25.7 Å². The van der Waals surface area contributed by atoms with Gasteiger partial charge in [-0.1, -0.05) is 26.2 Å². The van der Waals surface area contributed by atoms with Crippen molar-refractivity contribution in [1.82, 2.24) is 4.98 Å². The van der Waals surface area contributed by atoms with Gasteiger partial charge in [0.25, 0.3) is 0 Å². The maximum absolute atomic E-state index is 5.85. The molecular weight excluding hydrogens is 278 g/mol. The van der Waals surface area contributed by atoms with Gasteiger partial charge in [-0.05, 0) is 48.7 Å². The maximum atomic E-state index is 5.85. The zero-order valence-electron chi connectivity index (χ0n) is 11.0. The van der Waals surface area contributed by atoms with Gasteiger partial charge in [0.2, 0.25) is 5.88 Å². The van der Waals surface area contributed by atoms with Crippen molar-refractivity contribution in [3.05, 3.63) is 22.3 Å². The first-order valence-electron chi connectivity index (χ1n) is 6.42. The quantitative estimate of drug-likeness (QED) is 0.669. The fraction of sp³-hybridized carbons (Fsp3) is 0.643. The third-order valence-corrected chi connectivity index (χ3v) is 3.21. The second-order valence-corrected chi connectivity index (χ2v) is 5.47.